The van der Waals surface area contributed by atoms with E-state index in [4.69, 9.17) is 9.47 Å². The first-order valence-corrected chi connectivity index (χ1v) is 8.73. The van der Waals surface area contributed by atoms with Gasteiger partial charge in [0.25, 0.3) is 0 Å². The van der Waals surface area contributed by atoms with E-state index < -0.39 is 0 Å². The number of rotatable bonds is 0. The summed E-state index contributed by atoms with van der Waals surface area (Å²) in [6.45, 7) is 8.80. The molecule has 3 nitrogen and oxygen atoms in total. The number of ether oxygens (including phenoxy) is 2. The van der Waals surface area contributed by atoms with Crippen molar-refractivity contribution >= 4 is 0 Å². The van der Waals surface area contributed by atoms with E-state index >= 15 is 0 Å². The van der Waals surface area contributed by atoms with Gasteiger partial charge in [-0.3, -0.25) is 0 Å². The van der Waals surface area contributed by atoms with Crippen LogP contribution in [-0.2, 0) is 9.47 Å². The highest BCUT2D eigenvalue weighted by Gasteiger charge is 2.13. The summed E-state index contributed by atoms with van der Waals surface area (Å²) in [5.74, 6) is 0. The van der Waals surface area contributed by atoms with Gasteiger partial charge in [-0.15, -0.1) is 0 Å². The van der Waals surface area contributed by atoms with Gasteiger partial charge in [-0.2, -0.15) is 0 Å². The lowest BCUT2D eigenvalue weighted by molar-refractivity contribution is -0.0292. The van der Waals surface area contributed by atoms with Crippen LogP contribution in [0, 0.1) is 0 Å². The van der Waals surface area contributed by atoms with Gasteiger partial charge < -0.3 is 14.8 Å². The van der Waals surface area contributed by atoms with Crippen LogP contribution in [0.15, 0.2) is 0 Å². The van der Waals surface area contributed by atoms with Crippen molar-refractivity contribution in [2.45, 2.75) is 83.8 Å². The Bertz CT molecular complexity index is 160. The minimum absolute atomic E-state index is 0.513. The van der Waals surface area contributed by atoms with Crippen LogP contribution in [0.1, 0.15) is 71.6 Å². The molecule has 3 rings (SSSR count). The average Bonchev–Trinajstić information content (AvgIpc) is 2.52. The van der Waals surface area contributed by atoms with E-state index in [0.717, 1.165) is 13.2 Å². The Morgan fingerprint density at radius 2 is 1.25 bits per heavy atom. The normalized spacial score (nSPS) is 30.3. The second kappa shape index (κ2) is 12.6. The first-order valence-electron chi connectivity index (χ1n) is 8.73. The van der Waals surface area contributed by atoms with Gasteiger partial charge in [0.1, 0.15) is 0 Å². The van der Waals surface area contributed by atoms with Gasteiger partial charge in [0, 0.05) is 13.2 Å². The molecule has 20 heavy (non-hydrogen) atoms. The molecule has 0 saturated carbocycles. The Hall–Kier alpha value is -0.120. The van der Waals surface area contributed by atoms with Gasteiger partial charge in [0.05, 0.1) is 12.2 Å². The number of piperidine rings is 1. The molecule has 3 fully saturated rings. The van der Waals surface area contributed by atoms with E-state index in [1.807, 2.05) is 0 Å². The van der Waals surface area contributed by atoms with Crippen molar-refractivity contribution < 1.29 is 9.47 Å². The second-order valence-electron chi connectivity index (χ2n) is 6.17. The van der Waals surface area contributed by atoms with Crippen LogP contribution >= 0.6 is 0 Å². The number of nitrogens with one attached hydrogen (secondary N) is 1. The third-order valence-corrected chi connectivity index (χ3v) is 3.97. The van der Waals surface area contributed by atoms with E-state index in [9.17, 15) is 0 Å². The predicted molar refractivity (Wildman–Crippen MR) is 85.3 cm³/mol. The molecule has 0 radical (unpaired) electrons. The van der Waals surface area contributed by atoms with Crippen molar-refractivity contribution in [2.24, 2.45) is 0 Å². The zero-order chi connectivity index (χ0) is 14.5. The van der Waals surface area contributed by atoms with Crippen LogP contribution < -0.4 is 5.32 Å². The molecule has 1 N–H and O–H groups in total. The molecule has 120 valence electrons. The fraction of sp³-hybridized carbons (Fsp3) is 1.00. The van der Waals surface area contributed by atoms with Crippen molar-refractivity contribution in [1.29, 1.82) is 0 Å². The molecule has 3 aliphatic rings. The molecule has 0 aromatic carbocycles. The van der Waals surface area contributed by atoms with Gasteiger partial charge in [-0.25, -0.2) is 0 Å². The largest absolute Gasteiger partial charge is 0.381 e. The standard InChI is InChI=1S/C7H14O.C5H11N.C5H10O/c1-6-4-3-5-7(2)8-6;2*1-2-4-6-5-3-1/h6-7H,3-5H2,1-2H3;6H,1-5H2;1-5H2/t6-,7+;;. The maximum absolute atomic E-state index is 5.49. The summed E-state index contributed by atoms with van der Waals surface area (Å²) >= 11 is 0. The molecule has 0 amide bonds. The lowest BCUT2D eigenvalue weighted by Crippen LogP contribution is -2.22. The molecule has 0 aromatic heterocycles. The fourth-order valence-corrected chi connectivity index (χ4v) is 2.71. The molecular formula is C17H35NO2. The first-order chi connectivity index (χ1) is 9.79. The molecule has 3 heteroatoms. The molecule has 3 aliphatic heterocycles. The monoisotopic (exact) mass is 285 g/mol. The summed E-state index contributed by atoms with van der Waals surface area (Å²) in [6, 6.07) is 0. The molecule has 0 spiro atoms. The Labute approximate surface area is 125 Å². The Kier molecular flexibility index (Phi) is 11.3. The lowest BCUT2D eigenvalue weighted by Gasteiger charge is -2.24. The Balaban J connectivity index is 0.000000152. The fourth-order valence-electron chi connectivity index (χ4n) is 2.71. The minimum atomic E-state index is 0.513. The summed E-state index contributed by atoms with van der Waals surface area (Å²) in [7, 11) is 0. The third-order valence-electron chi connectivity index (χ3n) is 3.97. The maximum atomic E-state index is 5.49. The summed E-state index contributed by atoms with van der Waals surface area (Å²) < 4.78 is 10.6. The van der Waals surface area contributed by atoms with Crippen molar-refractivity contribution in [3.05, 3.63) is 0 Å². The van der Waals surface area contributed by atoms with E-state index in [2.05, 4.69) is 19.2 Å². The lowest BCUT2D eigenvalue weighted by atomic mass is 10.1. The smallest absolute Gasteiger partial charge is 0.0550 e. The Morgan fingerprint density at radius 1 is 0.700 bits per heavy atom. The van der Waals surface area contributed by atoms with Crippen molar-refractivity contribution in [3.8, 4) is 0 Å². The average molecular weight is 285 g/mol. The van der Waals surface area contributed by atoms with Crippen molar-refractivity contribution in [3.63, 3.8) is 0 Å². The van der Waals surface area contributed by atoms with Gasteiger partial charge >= 0.3 is 0 Å². The SMILES string of the molecule is C1CCNCC1.C1CCOCC1.C[C@@H]1CCC[C@H](C)O1. The highest BCUT2D eigenvalue weighted by atomic mass is 16.5. The van der Waals surface area contributed by atoms with Crippen LogP contribution in [0.4, 0.5) is 0 Å². The molecule has 0 bridgehead atoms. The molecule has 2 atom stereocenters. The second-order valence-corrected chi connectivity index (χ2v) is 6.17. The van der Waals surface area contributed by atoms with Crippen LogP contribution in [0.3, 0.4) is 0 Å². The molecule has 0 aliphatic carbocycles. The highest BCUT2D eigenvalue weighted by Crippen LogP contribution is 2.17. The first kappa shape index (κ1) is 17.9. The van der Waals surface area contributed by atoms with Crippen LogP contribution in [0.2, 0.25) is 0 Å². The highest BCUT2D eigenvalue weighted by molar-refractivity contribution is 4.63. The van der Waals surface area contributed by atoms with Gasteiger partial charge in [-0.05, 0) is 78.3 Å². The van der Waals surface area contributed by atoms with E-state index in [0.29, 0.717) is 12.2 Å². The van der Waals surface area contributed by atoms with Crippen molar-refractivity contribution in [1.82, 2.24) is 5.32 Å². The summed E-state index contributed by atoms with van der Waals surface area (Å²) in [5.41, 5.74) is 0. The minimum Gasteiger partial charge on any atom is -0.381 e. The van der Waals surface area contributed by atoms with Crippen molar-refractivity contribution in [2.75, 3.05) is 26.3 Å². The molecule has 0 unspecified atom stereocenters. The zero-order valence-electron chi connectivity index (χ0n) is 13.7. The number of hydrogen-bond acceptors (Lipinski definition) is 3. The molecule has 3 saturated heterocycles. The van der Waals surface area contributed by atoms with Gasteiger partial charge in [0.15, 0.2) is 0 Å². The van der Waals surface area contributed by atoms with Gasteiger partial charge in [0.2, 0.25) is 0 Å². The molecule has 0 aromatic rings. The van der Waals surface area contributed by atoms with E-state index in [1.54, 1.807) is 0 Å². The zero-order valence-corrected chi connectivity index (χ0v) is 13.7. The topological polar surface area (TPSA) is 30.5 Å². The number of hydrogen-bond donors (Lipinski definition) is 1. The maximum Gasteiger partial charge on any atom is 0.0550 e. The quantitative estimate of drug-likeness (QED) is 0.732. The third kappa shape index (κ3) is 10.6. The van der Waals surface area contributed by atoms with Gasteiger partial charge in [-0.1, -0.05) is 6.42 Å². The van der Waals surface area contributed by atoms with E-state index in [-0.39, 0.29) is 0 Å². The molecule has 3 heterocycles. The summed E-state index contributed by atoms with van der Waals surface area (Å²) in [6.07, 6.45) is 13.0. The Morgan fingerprint density at radius 3 is 1.45 bits per heavy atom. The van der Waals surface area contributed by atoms with Crippen LogP contribution in [0.5, 0.6) is 0 Å². The van der Waals surface area contributed by atoms with E-state index in [1.165, 1.54) is 70.9 Å². The molecular weight excluding hydrogens is 250 g/mol. The summed E-state index contributed by atoms with van der Waals surface area (Å²) in [4.78, 5) is 0. The summed E-state index contributed by atoms with van der Waals surface area (Å²) in [5, 5.41) is 3.28. The predicted octanol–water partition coefficient (Wildman–Crippen LogP) is 3.91. The van der Waals surface area contributed by atoms with Crippen LogP contribution in [0.25, 0.3) is 0 Å². The van der Waals surface area contributed by atoms with Crippen LogP contribution in [-0.4, -0.2) is 38.5 Å².